The first kappa shape index (κ1) is 14.0. The molecule has 0 spiro atoms. The van der Waals surface area contributed by atoms with E-state index in [0.717, 1.165) is 6.42 Å². The fourth-order valence-corrected chi connectivity index (χ4v) is 1.35. The molecular formula is C12H17N3O3. The van der Waals surface area contributed by atoms with Crippen LogP contribution in [0.25, 0.3) is 0 Å². The molecule has 6 heteroatoms. The van der Waals surface area contributed by atoms with Crippen molar-refractivity contribution < 1.29 is 14.7 Å². The Morgan fingerprint density at radius 3 is 2.78 bits per heavy atom. The fraction of sp³-hybridized carbons (Fsp3) is 0.417. The molecule has 0 radical (unpaired) electrons. The molecule has 0 bridgehead atoms. The average Bonchev–Trinajstić information content (AvgIpc) is 2.37. The van der Waals surface area contributed by atoms with E-state index in [0.29, 0.717) is 0 Å². The average molecular weight is 251 g/mol. The SMILES string of the molecule is CCC(C)N(C)C(=O)Nc1cccnc1C(=O)O. The largest absolute Gasteiger partial charge is 0.476 e. The van der Waals surface area contributed by atoms with Crippen LogP contribution in [-0.4, -0.2) is 40.1 Å². The van der Waals surface area contributed by atoms with Crippen LogP contribution in [0.3, 0.4) is 0 Å². The number of anilines is 1. The van der Waals surface area contributed by atoms with Crippen LogP contribution in [-0.2, 0) is 0 Å². The number of carboxylic acid groups (broad SMARTS) is 1. The molecule has 1 rings (SSSR count). The molecule has 2 N–H and O–H groups in total. The van der Waals surface area contributed by atoms with Crippen LogP contribution in [0.5, 0.6) is 0 Å². The van der Waals surface area contributed by atoms with Crippen LogP contribution in [0, 0.1) is 0 Å². The number of nitrogens with one attached hydrogen (secondary N) is 1. The minimum absolute atomic E-state index is 0.0787. The van der Waals surface area contributed by atoms with E-state index in [1.54, 1.807) is 13.1 Å². The van der Waals surface area contributed by atoms with Crippen molar-refractivity contribution in [3.05, 3.63) is 24.0 Å². The summed E-state index contributed by atoms with van der Waals surface area (Å²) in [6.45, 7) is 3.89. The molecule has 0 saturated heterocycles. The Morgan fingerprint density at radius 1 is 1.56 bits per heavy atom. The van der Waals surface area contributed by atoms with E-state index in [9.17, 15) is 9.59 Å². The summed E-state index contributed by atoms with van der Waals surface area (Å²) in [6, 6.07) is 2.82. The highest BCUT2D eigenvalue weighted by Crippen LogP contribution is 2.13. The van der Waals surface area contributed by atoms with Gasteiger partial charge in [0.1, 0.15) is 0 Å². The van der Waals surface area contributed by atoms with Crippen molar-refractivity contribution in [1.29, 1.82) is 0 Å². The molecule has 1 atom stereocenters. The third-order valence-corrected chi connectivity index (χ3v) is 2.82. The normalized spacial score (nSPS) is 11.7. The van der Waals surface area contributed by atoms with E-state index >= 15 is 0 Å². The van der Waals surface area contributed by atoms with Crippen molar-refractivity contribution in [1.82, 2.24) is 9.88 Å². The number of hydrogen-bond donors (Lipinski definition) is 2. The number of hydrogen-bond acceptors (Lipinski definition) is 3. The van der Waals surface area contributed by atoms with Crippen LogP contribution >= 0.6 is 0 Å². The Hall–Kier alpha value is -2.11. The van der Waals surface area contributed by atoms with Gasteiger partial charge < -0.3 is 15.3 Å². The predicted octanol–water partition coefficient (Wildman–Crippen LogP) is 2.04. The number of amides is 2. The summed E-state index contributed by atoms with van der Waals surface area (Å²) in [5, 5.41) is 11.5. The Balaban J connectivity index is 2.85. The molecule has 1 aromatic heterocycles. The van der Waals surface area contributed by atoms with E-state index in [-0.39, 0.29) is 23.5 Å². The van der Waals surface area contributed by atoms with Crippen molar-refractivity contribution in [2.45, 2.75) is 26.3 Å². The lowest BCUT2D eigenvalue weighted by atomic mass is 10.2. The van der Waals surface area contributed by atoms with Gasteiger partial charge in [0.05, 0.1) is 5.69 Å². The zero-order valence-electron chi connectivity index (χ0n) is 10.7. The highest BCUT2D eigenvalue weighted by Gasteiger charge is 2.17. The van der Waals surface area contributed by atoms with Gasteiger partial charge in [0.2, 0.25) is 0 Å². The highest BCUT2D eigenvalue weighted by atomic mass is 16.4. The molecule has 0 aliphatic rings. The topological polar surface area (TPSA) is 82.5 Å². The molecule has 0 aromatic carbocycles. The smallest absolute Gasteiger partial charge is 0.356 e. The summed E-state index contributed by atoms with van der Waals surface area (Å²) in [7, 11) is 1.67. The number of aromatic carboxylic acids is 1. The lowest BCUT2D eigenvalue weighted by Gasteiger charge is -2.24. The van der Waals surface area contributed by atoms with Crippen molar-refractivity contribution in [2.75, 3.05) is 12.4 Å². The lowest BCUT2D eigenvalue weighted by Crippen LogP contribution is -2.38. The summed E-state index contributed by atoms with van der Waals surface area (Å²) in [5.41, 5.74) is 0.0357. The number of carboxylic acids is 1. The number of nitrogens with zero attached hydrogens (tertiary/aromatic N) is 2. The third kappa shape index (κ3) is 3.19. The molecule has 0 aliphatic heterocycles. The molecule has 1 heterocycles. The van der Waals surface area contributed by atoms with E-state index in [4.69, 9.17) is 5.11 Å². The summed E-state index contributed by atoms with van der Waals surface area (Å²) in [6.07, 6.45) is 2.19. The van der Waals surface area contributed by atoms with Gasteiger partial charge >= 0.3 is 12.0 Å². The van der Waals surface area contributed by atoms with Crippen molar-refractivity contribution in [3.8, 4) is 0 Å². The Morgan fingerprint density at radius 2 is 2.22 bits per heavy atom. The number of pyridine rings is 1. The Kier molecular flexibility index (Phi) is 4.65. The molecule has 2 amide bonds. The van der Waals surface area contributed by atoms with Gasteiger partial charge in [0.15, 0.2) is 5.69 Å². The van der Waals surface area contributed by atoms with E-state index in [1.807, 2.05) is 13.8 Å². The summed E-state index contributed by atoms with van der Waals surface area (Å²) in [5.74, 6) is -1.17. The number of urea groups is 1. The Bertz CT molecular complexity index is 448. The second kappa shape index (κ2) is 6.00. The van der Waals surface area contributed by atoms with Crippen molar-refractivity contribution >= 4 is 17.7 Å². The molecule has 0 fully saturated rings. The van der Waals surface area contributed by atoms with E-state index in [1.165, 1.54) is 17.2 Å². The molecule has 98 valence electrons. The predicted molar refractivity (Wildman–Crippen MR) is 67.7 cm³/mol. The van der Waals surface area contributed by atoms with Crippen LogP contribution < -0.4 is 5.32 Å². The van der Waals surface area contributed by atoms with Gasteiger partial charge in [0.25, 0.3) is 0 Å². The zero-order chi connectivity index (χ0) is 13.7. The monoisotopic (exact) mass is 251 g/mol. The first-order chi connectivity index (χ1) is 8.47. The first-order valence-electron chi connectivity index (χ1n) is 5.69. The maximum absolute atomic E-state index is 11.9. The second-order valence-corrected chi connectivity index (χ2v) is 4.00. The maximum atomic E-state index is 11.9. The van der Waals surface area contributed by atoms with Gasteiger partial charge in [-0.1, -0.05) is 6.92 Å². The zero-order valence-corrected chi connectivity index (χ0v) is 10.7. The van der Waals surface area contributed by atoms with Gasteiger partial charge in [-0.2, -0.15) is 0 Å². The number of carbonyl (C=O) groups is 2. The fourth-order valence-electron chi connectivity index (χ4n) is 1.35. The van der Waals surface area contributed by atoms with Crippen molar-refractivity contribution in [2.24, 2.45) is 0 Å². The van der Waals surface area contributed by atoms with Gasteiger partial charge in [0, 0.05) is 19.3 Å². The van der Waals surface area contributed by atoms with E-state index in [2.05, 4.69) is 10.3 Å². The molecule has 0 saturated carbocycles. The molecule has 1 aromatic rings. The first-order valence-corrected chi connectivity index (χ1v) is 5.69. The van der Waals surface area contributed by atoms with Gasteiger partial charge in [-0.25, -0.2) is 14.6 Å². The number of rotatable bonds is 4. The third-order valence-electron chi connectivity index (χ3n) is 2.82. The van der Waals surface area contributed by atoms with Gasteiger partial charge in [-0.05, 0) is 25.5 Å². The number of carbonyl (C=O) groups excluding carboxylic acids is 1. The minimum Gasteiger partial charge on any atom is -0.476 e. The number of aromatic nitrogens is 1. The molecule has 1 unspecified atom stereocenters. The summed E-state index contributed by atoms with van der Waals surface area (Å²) in [4.78, 5) is 28.1. The Labute approximate surface area is 106 Å². The van der Waals surface area contributed by atoms with Crippen LogP contribution in [0.1, 0.15) is 30.8 Å². The summed E-state index contributed by atoms with van der Waals surface area (Å²) < 4.78 is 0. The lowest BCUT2D eigenvalue weighted by molar-refractivity contribution is 0.0691. The van der Waals surface area contributed by atoms with Crippen LogP contribution in [0.15, 0.2) is 18.3 Å². The maximum Gasteiger partial charge on any atom is 0.356 e. The quantitative estimate of drug-likeness (QED) is 0.857. The summed E-state index contributed by atoms with van der Waals surface area (Å²) >= 11 is 0. The van der Waals surface area contributed by atoms with Gasteiger partial charge in [-0.15, -0.1) is 0 Å². The molecule has 18 heavy (non-hydrogen) atoms. The molecule has 6 nitrogen and oxygen atoms in total. The van der Waals surface area contributed by atoms with Crippen molar-refractivity contribution in [3.63, 3.8) is 0 Å². The van der Waals surface area contributed by atoms with E-state index < -0.39 is 5.97 Å². The molecular weight excluding hydrogens is 234 g/mol. The molecule has 0 aliphatic carbocycles. The van der Waals surface area contributed by atoms with Crippen LogP contribution in [0.4, 0.5) is 10.5 Å². The van der Waals surface area contributed by atoms with Gasteiger partial charge in [-0.3, -0.25) is 0 Å². The second-order valence-electron chi connectivity index (χ2n) is 4.00. The minimum atomic E-state index is -1.17. The highest BCUT2D eigenvalue weighted by molar-refractivity contribution is 5.98. The standard InChI is InChI=1S/C12H17N3O3/c1-4-8(2)15(3)12(18)14-9-6-5-7-13-10(9)11(16)17/h5-8H,4H2,1-3H3,(H,14,18)(H,16,17). The van der Waals surface area contributed by atoms with Crippen LogP contribution in [0.2, 0.25) is 0 Å².